The van der Waals surface area contributed by atoms with Gasteiger partial charge in [-0.2, -0.15) is 0 Å². The molecule has 0 spiro atoms. The SMILES string of the molecule is CCC1CCCCC1(N)Cc1sccc1Br. The third-order valence-corrected chi connectivity index (χ3v) is 5.86. The molecule has 1 aromatic rings. The van der Waals surface area contributed by atoms with Gasteiger partial charge in [0.1, 0.15) is 0 Å². The Hall–Kier alpha value is 0.140. The summed E-state index contributed by atoms with van der Waals surface area (Å²) in [6.07, 6.45) is 7.44. The van der Waals surface area contributed by atoms with Crippen LogP contribution in [0, 0.1) is 5.92 Å². The Labute approximate surface area is 111 Å². The second kappa shape index (κ2) is 5.19. The monoisotopic (exact) mass is 301 g/mol. The van der Waals surface area contributed by atoms with Gasteiger partial charge in [-0.15, -0.1) is 11.3 Å². The van der Waals surface area contributed by atoms with Gasteiger partial charge in [0.15, 0.2) is 0 Å². The van der Waals surface area contributed by atoms with Crippen molar-refractivity contribution < 1.29 is 0 Å². The first-order chi connectivity index (χ1) is 7.65. The maximum Gasteiger partial charge on any atom is 0.0315 e. The summed E-state index contributed by atoms with van der Waals surface area (Å²) in [6.45, 7) is 2.28. The van der Waals surface area contributed by atoms with Crippen LogP contribution in [0.5, 0.6) is 0 Å². The molecular weight excluding hydrogens is 282 g/mol. The molecule has 1 nitrogen and oxygen atoms in total. The normalized spacial score (nSPS) is 30.6. The molecule has 0 bridgehead atoms. The van der Waals surface area contributed by atoms with Crippen LogP contribution >= 0.6 is 27.3 Å². The van der Waals surface area contributed by atoms with Crippen molar-refractivity contribution >= 4 is 27.3 Å². The van der Waals surface area contributed by atoms with Gasteiger partial charge in [0.25, 0.3) is 0 Å². The lowest BCUT2D eigenvalue weighted by Gasteiger charge is -2.41. The summed E-state index contributed by atoms with van der Waals surface area (Å²) in [4.78, 5) is 1.42. The highest BCUT2D eigenvalue weighted by atomic mass is 79.9. The first-order valence-electron chi connectivity index (χ1n) is 6.16. The molecule has 1 aliphatic carbocycles. The van der Waals surface area contributed by atoms with E-state index >= 15 is 0 Å². The number of nitrogens with two attached hydrogens (primary N) is 1. The molecule has 90 valence electrons. The van der Waals surface area contributed by atoms with Crippen LogP contribution in [-0.4, -0.2) is 5.54 Å². The highest BCUT2D eigenvalue weighted by molar-refractivity contribution is 9.10. The van der Waals surface area contributed by atoms with E-state index in [1.807, 2.05) is 11.3 Å². The fraction of sp³-hybridized carbons (Fsp3) is 0.692. The van der Waals surface area contributed by atoms with Gasteiger partial charge < -0.3 is 5.73 Å². The van der Waals surface area contributed by atoms with Gasteiger partial charge in [-0.05, 0) is 46.1 Å². The fourth-order valence-electron chi connectivity index (χ4n) is 2.93. The summed E-state index contributed by atoms with van der Waals surface area (Å²) in [6, 6.07) is 2.13. The molecule has 2 N–H and O–H groups in total. The first kappa shape index (κ1) is 12.6. The maximum atomic E-state index is 6.66. The molecule has 1 saturated carbocycles. The number of hydrogen-bond donors (Lipinski definition) is 1. The molecule has 2 atom stereocenters. The van der Waals surface area contributed by atoms with Crippen molar-refractivity contribution in [3.63, 3.8) is 0 Å². The summed E-state index contributed by atoms with van der Waals surface area (Å²) in [5.41, 5.74) is 6.70. The number of hydrogen-bond acceptors (Lipinski definition) is 2. The zero-order valence-corrected chi connectivity index (χ0v) is 12.2. The summed E-state index contributed by atoms with van der Waals surface area (Å²) in [7, 11) is 0. The summed E-state index contributed by atoms with van der Waals surface area (Å²) in [5.74, 6) is 0.704. The lowest BCUT2D eigenvalue weighted by molar-refractivity contribution is 0.183. The van der Waals surface area contributed by atoms with Gasteiger partial charge in [0.05, 0.1) is 0 Å². The fourth-order valence-corrected chi connectivity index (χ4v) is 4.56. The molecule has 0 aromatic carbocycles. The van der Waals surface area contributed by atoms with E-state index < -0.39 is 0 Å². The van der Waals surface area contributed by atoms with Crippen LogP contribution in [0.3, 0.4) is 0 Å². The minimum absolute atomic E-state index is 0.0420. The highest BCUT2D eigenvalue weighted by Crippen LogP contribution is 2.38. The standard InChI is InChI=1S/C13H20BrNS/c1-2-10-5-3-4-7-13(10,15)9-12-11(14)6-8-16-12/h6,8,10H,2-5,7,9,15H2,1H3. The quantitative estimate of drug-likeness (QED) is 0.882. The molecular formula is C13H20BrNS. The van der Waals surface area contributed by atoms with E-state index in [9.17, 15) is 0 Å². The zero-order chi connectivity index (χ0) is 11.6. The van der Waals surface area contributed by atoms with Crippen LogP contribution in [0.2, 0.25) is 0 Å². The molecule has 1 heterocycles. The van der Waals surface area contributed by atoms with Crippen LogP contribution < -0.4 is 5.73 Å². The predicted molar refractivity (Wildman–Crippen MR) is 74.9 cm³/mol. The molecule has 3 heteroatoms. The van der Waals surface area contributed by atoms with Crippen molar-refractivity contribution in [2.45, 2.75) is 51.0 Å². The molecule has 2 rings (SSSR count). The van der Waals surface area contributed by atoms with Crippen molar-refractivity contribution in [1.29, 1.82) is 0 Å². The van der Waals surface area contributed by atoms with Gasteiger partial charge in [0, 0.05) is 21.3 Å². The Morgan fingerprint density at radius 2 is 2.38 bits per heavy atom. The largest absolute Gasteiger partial charge is 0.325 e. The van der Waals surface area contributed by atoms with Crippen LogP contribution in [0.4, 0.5) is 0 Å². The van der Waals surface area contributed by atoms with Crippen molar-refractivity contribution in [2.24, 2.45) is 11.7 Å². The van der Waals surface area contributed by atoms with Crippen LogP contribution in [-0.2, 0) is 6.42 Å². The molecule has 0 saturated heterocycles. The van der Waals surface area contributed by atoms with Gasteiger partial charge in [0.2, 0.25) is 0 Å². The Morgan fingerprint density at radius 3 is 3.00 bits per heavy atom. The predicted octanol–water partition coefficient (Wildman–Crippen LogP) is 4.35. The third kappa shape index (κ3) is 2.52. The third-order valence-electron chi connectivity index (χ3n) is 3.93. The lowest BCUT2D eigenvalue weighted by atomic mass is 9.70. The average Bonchev–Trinajstić information content (AvgIpc) is 2.64. The molecule has 0 radical (unpaired) electrons. The van der Waals surface area contributed by atoms with E-state index in [0.29, 0.717) is 5.92 Å². The Morgan fingerprint density at radius 1 is 1.56 bits per heavy atom. The Bertz CT molecular complexity index is 349. The maximum absolute atomic E-state index is 6.66. The number of halogens is 1. The van der Waals surface area contributed by atoms with Crippen molar-refractivity contribution in [2.75, 3.05) is 0 Å². The average molecular weight is 302 g/mol. The molecule has 0 amide bonds. The second-order valence-corrected chi connectivity index (χ2v) is 6.81. The van der Waals surface area contributed by atoms with Gasteiger partial charge in [-0.25, -0.2) is 0 Å². The molecule has 16 heavy (non-hydrogen) atoms. The van der Waals surface area contributed by atoms with E-state index in [-0.39, 0.29) is 5.54 Å². The molecule has 2 unspecified atom stereocenters. The minimum atomic E-state index is 0.0420. The van der Waals surface area contributed by atoms with Gasteiger partial charge >= 0.3 is 0 Å². The van der Waals surface area contributed by atoms with Crippen molar-refractivity contribution in [3.8, 4) is 0 Å². The van der Waals surface area contributed by atoms with Crippen LogP contribution in [0.15, 0.2) is 15.9 Å². The summed E-state index contributed by atoms with van der Waals surface area (Å²) >= 11 is 5.44. The van der Waals surface area contributed by atoms with E-state index in [1.165, 1.54) is 41.5 Å². The van der Waals surface area contributed by atoms with Crippen molar-refractivity contribution in [3.05, 3.63) is 20.8 Å². The number of rotatable bonds is 3. The number of thiophene rings is 1. The van der Waals surface area contributed by atoms with Gasteiger partial charge in [-0.3, -0.25) is 0 Å². The lowest BCUT2D eigenvalue weighted by Crippen LogP contribution is -2.50. The van der Waals surface area contributed by atoms with E-state index in [0.717, 1.165) is 6.42 Å². The van der Waals surface area contributed by atoms with Crippen LogP contribution in [0.1, 0.15) is 43.9 Å². The first-order valence-corrected chi connectivity index (χ1v) is 7.84. The van der Waals surface area contributed by atoms with E-state index in [2.05, 4.69) is 34.3 Å². The zero-order valence-electron chi connectivity index (χ0n) is 9.84. The summed E-state index contributed by atoms with van der Waals surface area (Å²) in [5, 5.41) is 2.15. The molecule has 0 aliphatic heterocycles. The minimum Gasteiger partial charge on any atom is -0.325 e. The Kier molecular flexibility index (Phi) is 4.09. The highest BCUT2D eigenvalue weighted by Gasteiger charge is 2.36. The molecule has 1 aromatic heterocycles. The van der Waals surface area contributed by atoms with Gasteiger partial charge in [-0.1, -0.05) is 26.2 Å². The second-order valence-electron chi connectivity index (χ2n) is 4.95. The topological polar surface area (TPSA) is 26.0 Å². The molecule has 1 fully saturated rings. The molecule has 1 aliphatic rings. The smallest absolute Gasteiger partial charge is 0.0315 e. The van der Waals surface area contributed by atoms with E-state index in [1.54, 1.807) is 0 Å². The van der Waals surface area contributed by atoms with Crippen LogP contribution in [0.25, 0.3) is 0 Å². The van der Waals surface area contributed by atoms with Crippen molar-refractivity contribution in [1.82, 2.24) is 0 Å². The Balaban J connectivity index is 2.14. The van der Waals surface area contributed by atoms with E-state index in [4.69, 9.17) is 5.73 Å². The summed E-state index contributed by atoms with van der Waals surface area (Å²) < 4.78 is 1.24.